The normalized spacial score (nSPS) is 24.8. The van der Waals surface area contributed by atoms with Crippen molar-refractivity contribution in [2.24, 2.45) is 11.7 Å². The highest BCUT2D eigenvalue weighted by Gasteiger charge is 2.31. The number of rotatable bonds is 2. The van der Waals surface area contributed by atoms with Gasteiger partial charge in [-0.1, -0.05) is 37.3 Å². The third-order valence-electron chi connectivity index (χ3n) is 4.06. The molecule has 2 aromatic rings. The molecule has 2 aromatic carbocycles. The summed E-state index contributed by atoms with van der Waals surface area (Å²) in [6, 6.07) is 10.6. The monoisotopic (exact) mass is 259 g/mol. The number of halogens is 1. The zero-order chi connectivity index (χ0) is 13.4. The van der Waals surface area contributed by atoms with Gasteiger partial charge < -0.3 is 10.5 Å². The molecule has 100 valence electrons. The van der Waals surface area contributed by atoms with Crippen molar-refractivity contribution in [2.45, 2.75) is 25.5 Å². The molecule has 1 aliphatic rings. The molecule has 0 saturated carbocycles. The molecule has 0 bridgehead atoms. The van der Waals surface area contributed by atoms with Gasteiger partial charge in [0.1, 0.15) is 5.82 Å². The second-order valence-electron chi connectivity index (χ2n) is 5.31. The van der Waals surface area contributed by atoms with Gasteiger partial charge in [0.25, 0.3) is 0 Å². The van der Waals surface area contributed by atoms with Gasteiger partial charge in [-0.3, -0.25) is 0 Å². The molecule has 0 aromatic heterocycles. The molecule has 2 N–H and O–H groups in total. The smallest absolute Gasteiger partial charge is 0.131 e. The predicted octanol–water partition coefficient (Wildman–Crippen LogP) is 3.40. The van der Waals surface area contributed by atoms with Gasteiger partial charge in [-0.25, -0.2) is 4.39 Å². The summed E-state index contributed by atoms with van der Waals surface area (Å²) in [5, 5.41) is 1.51. The summed E-state index contributed by atoms with van der Waals surface area (Å²) in [7, 11) is 0. The summed E-state index contributed by atoms with van der Waals surface area (Å²) in [5.41, 5.74) is 7.33. The highest BCUT2D eigenvalue weighted by Crippen LogP contribution is 2.33. The van der Waals surface area contributed by atoms with Crippen molar-refractivity contribution in [1.82, 2.24) is 0 Å². The van der Waals surface area contributed by atoms with Crippen molar-refractivity contribution in [3.63, 3.8) is 0 Å². The van der Waals surface area contributed by atoms with Crippen molar-refractivity contribution >= 4 is 10.8 Å². The van der Waals surface area contributed by atoms with Gasteiger partial charge in [0, 0.05) is 12.0 Å². The average molecular weight is 259 g/mol. The molecule has 19 heavy (non-hydrogen) atoms. The number of fused-ring (bicyclic) bond motifs is 1. The number of ether oxygens (including phenoxy) is 1. The van der Waals surface area contributed by atoms with E-state index < -0.39 is 0 Å². The van der Waals surface area contributed by atoms with Gasteiger partial charge in [-0.05, 0) is 29.4 Å². The summed E-state index contributed by atoms with van der Waals surface area (Å²) < 4.78 is 19.6. The molecule has 3 rings (SSSR count). The Labute approximate surface area is 112 Å². The molecule has 0 amide bonds. The van der Waals surface area contributed by atoms with Crippen molar-refractivity contribution in [1.29, 1.82) is 0 Å². The van der Waals surface area contributed by atoms with E-state index in [-0.39, 0.29) is 18.0 Å². The fourth-order valence-electron chi connectivity index (χ4n) is 2.93. The second-order valence-corrected chi connectivity index (χ2v) is 5.31. The summed E-state index contributed by atoms with van der Waals surface area (Å²) in [6.45, 7) is 2.92. The van der Waals surface area contributed by atoms with Crippen LogP contribution in [0.4, 0.5) is 4.39 Å². The Morgan fingerprint density at radius 1 is 1.21 bits per heavy atom. The lowest BCUT2D eigenvalue weighted by atomic mass is 9.90. The van der Waals surface area contributed by atoms with Gasteiger partial charge in [0.2, 0.25) is 0 Å². The van der Waals surface area contributed by atoms with Crippen molar-refractivity contribution in [3.05, 3.63) is 47.8 Å². The van der Waals surface area contributed by atoms with Crippen molar-refractivity contribution in [3.8, 4) is 0 Å². The fourth-order valence-corrected chi connectivity index (χ4v) is 2.93. The second kappa shape index (κ2) is 4.91. The zero-order valence-corrected chi connectivity index (χ0v) is 11.0. The first-order valence-corrected chi connectivity index (χ1v) is 6.73. The van der Waals surface area contributed by atoms with Gasteiger partial charge in [0.05, 0.1) is 12.1 Å². The molecule has 1 fully saturated rings. The molecule has 3 unspecified atom stereocenters. The molecule has 3 atom stereocenters. The molecule has 1 aliphatic heterocycles. The molecule has 0 aliphatic carbocycles. The summed E-state index contributed by atoms with van der Waals surface area (Å²) >= 11 is 0. The van der Waals surface area contributed by atoms with Gasteiger partial charge in [-0.2, -0.15) is 0 Å². The maximum Gasteiger partial charge on any atom is 0.131 e. The van der Waals surface area contributed by atoms with E-state index >= 15 is 0 Å². The Morgan fingerprint density at radius 3 is 2.63 bits per heavy atom. The Bertz CT molecular complexity index is 598. The summed E-state index contributed by atoms with van der Waals surface area (Å²) in [6.07, 6.45) is 1.06. The molecule has 0 radical (unpaired) electrons. The highest BCUT2D eigenvalue weighted by atomic mass is 19.1. The van der Waals surface area contributed by atoms with Crippen LogP contribution in [0.3, 0.4) is 0 Å². The standard InChI is InChI=1S/C16H18FNO/c1-10-8-9-19-16(10)15(18)13-6-7-14(17)12-5-3-2-4-11(12)13/h2-7,10,15-16H,8-9,18H2,1H3. The lowest BCUT2D eigenvalue weighted by Crippen LogP contribution is -2.30. The molecular weight excluding hydrogens is 241 g/mol. The van der Waals surface area contributed by atoms with Crippen LogP contribution >= 0.6 is 0 Å². The summed E-state index contributed by atoms with van der Waals surface area (Å²) in [4.78, 5) is 0. The van der Waals surface area contributed by atoms with E-state index in [0.29, 0.717) is 11.3 Å². The third kappa shape index (κ3) is 2.13. The number of hydrogen-bond acceptors (Lipinski definition) is 2. The lowest BCUT2D eigenvalue weighted by Gasteiger charge is -2.24. The maximum atomic E-state index is 13.8. The van der Waals surface area contributed by atoms with E-state index in [1.165, 1.54) is 6.07 Å². The molecule has 3 heteroatoms. The maximum absolute atomic E-state index is 13.8. The van der Waals surface area contributed by atoms with Crippen LogP contribution in [-0.4, -0.2) is 12.7 Å². The lowest BCUT2D eigenvalue weighted by molar-refractivity contribution is 0.0728. The Balaban J connectivity index is 2.07. The van der Waals surface area contributed by atoms with E-state index in [9.17, 15) is 4.39 Å². The topological polar surface area (TPSA) is 35.2 Å². The Kier molecular flexibility index (Phi) is 3.25. The molecular formula is C16H18FNO. The van der Waals surface area contributed by atoms with E-state index in [4.69, 9.17) is 10.5 Å². The van der Waals surface area contributed by atoms with Crippen LogP contribution in [0.25, 0.3) is 10.8 Å². The zero-order valence-electron chi connectivity index (χ0n) is 11.0. The third-order valence-corrected chi connectivity index (χ3v) is 4.06. The first-order chi connectivity index (χ1) is 9.18. The van der Waals surface area contributed by atoms with Crippen LogP contribution < -0.4 is 5.73 Å². The molecule has 1 saturated heterocycles. The van der Waals surface area contributed by atoms with E-state index in [1.54, 1.807) is 12.1 Å². The molecule has 0 spiro atoms. The summed E-state index contributed by atoms with van der Waals surface area (Å²) in [5.74, 6) is 0.241. The largest absolute Gasteiger partial charge is 0.376 e. The van der Waals surface area contributed by atoms with Gasteiger partial charge in [0.15, 0.2) is 0 Å². The Morgan fingerprint density at radius 2 is 1.95 bits per heavy atom. The molecule has 2 nitrogen and oxygen atoms in total. The van der Waals surface area contributed by atoms with E-state index in [1.807, 2.05) is 18.2 Å². The fraction of sp³-hybridized carbons (Fsp3) is 0.375. The predicted molar refractivity (Wildman–Crippen MR) is 74.4 cm³/mol. The minimum absolute atomic E-state index is 0.0221. The van der Waals surface area contributed by atoms with Gasteiger partial charge >= 0.3 is 0 Å². The van der Waals surface area contributed by atoms with Crippen LogP contribution in [0, 0.1) is 11.7 Å². The SMILES string of the molecule is CC1CCOC1C(N)c1ccc(F)c2ccccc12. The number of benzene rings is 2. The van der Waals surface area contributed by atoms with Crippen molar-refractivity contribution < 1.29 is 9.13 Å². The van der Waals surface area contributed by atoms with Crippen LogP contribution in [-0.2, 0) is 4.74 Å². The first kappa shape index (κ1) is 12.6. The minimum atomic E-state index is -0.206. The van der Waals surface area contributed by atoms with Crippen molar-refractivity contribution in [2.75, 3.05) is 6.61 Å². The minimum Gasteiger partial charge on any atom is -0.376 e. The Hall–Kier alpha value is -1.45. The van der Waals surface area contributed by atoms with Crippen LogP contribution in [0.5, 0.6) is 0 Å². The first-order valence-electron chi connectivity index (χ1n) is 6.73. The quantitative estimate of drug-likeness (QED) is 0.897. The molecule has 1 heterocycles. The van der Waals surface area contributed by atoms with E-state index in [0.717, 1.165) is 24.0 Å². The number of hydrogen-bond donors (Lipinski definition) is 1. The van der Waals surface area contributed by atoms with Crippen LogP contribution in [0.2, 0.25) is 0 Å². The van der Waals surface area contributed by atoms with Crippen LogP contribution in [0.15, 0.2) is 36.4 Å². The number of nitrogens with two attached hydrogens (primary N) is 1. The van der Waals surface area contributed by atoms with E-state index in [2.05, 4.69) is 6.92 Å². The average Bonchev–Trinajstić information content (AvgIpc) is 2.85. The van der Waals surface area contributed by atoms with Crippen LogP contribution in [0.1, 0.15) is 24.9 Å². The van der Waals surface area contributed by atoms with Gasteiger partial charge in [-0.15, -0.1) is 0 Å². The highest BCUT2D eigenvalue weighted by molar-refractivity contribution is 5.86.